The van der Waals surface area contributed by atoms with Crippen molar-refractivity contribution in [1.29, 1.82) is 0 Å². The molecule has 1 saturated carbocycles. The van der Waals surface area contributed by atoms with E-state index in [9.17, 15) is 0 Å². The third-order valence-corrected chi connectivity index (χ3v) is 3.36. The number of rotatable bonds is 4. The molecule has 2 nitrogen and oxygen atoms in total. The number of hydrogen-bond donors (Lipinski definition) is 1. The van der Waals surface area contributed by atoms with Crippen molar-refractivity contribution in [2.45, 2.75) is 26.2 Å². The second kappa shape index (κ2) is 4.05. The normalized spacial score (nSPS) is 18.9. The van der Waals surface area contributed by atoms with Crippen LogP contribution in [-0.4, -0.2) is 12.4 Å². The van der Waals surface area contributed by atoms with Crippen molar-refractivity contribution in [2.24, 2.45) is 16.1 Å². The average Bonchev–Trinajstić information content (AvgIpc) is 3.08. The van der Waals surface area contributed by atoms with Gasteiger partial charge in [0.15, 0.2) is 0 Å². The van der Waals surface area contributed by atoms with Crippen molar-refractivity contribution < 1.29 is 0 Å². The van der Waals surface area contributed by atoms with Crippen LogP contribution in [0.3, 0.4) is 0 Å². The Morgan fingerprint density at radius 2 is 2.00 bits per heavy atom. The van der Waals surface area contributed by atoms with Gasteiger partial charge in [-0.25, -0.2) is 0 Å². The molecular formula is C13H18N2. The molecule has 1 aromatic rings. The molecular weight excluding hydrogens is 184 g/mol. The maximum absolute atomic E-state index is 5.93. The zero-order valence-corrected chi connectivity index (χ0v) is 9.24. The summed E-state index contributed by atoms with van der Waals surface area (Å²) in [6, 6.07) is 9.98. The minimum atomic E-state index is 0.486. The number of aliphatic imine (C=N–C) groups is 1. The van der Waals surface area contributed by atoms with Gasteiger partial charge in [0.2, 0.25) is 0 Å². The van der Waals surface area contributed by atoms with Crippen molar-refractivity contribution in [3.63, 3.8) is 0 Å². The Hall–Kier alpha value is -1.31. The topological polar surface area (TPSA) is 38.4 Å². The highest BCUT2D eigenvalue weighted by atomic mass is 14.9. The lowest BCUT2D eigenvalue weighted by molar-refractivity contribution is 0.506. The van der Waals surface area contributed by atoms with Gasteiger partial charge in [-0.15, -0.1) is 0 Å². The molecule has 0 radical (unpaired) electrons. The van der Waals surface area contributed by atoms with Crippen molar-refractivity contribution in [1.82, 2.24) is 0 Å². The summed E-state index contributed by atoms with van der Waals surface area (Å²) in [5.74, 6) is 0.676. The number of amidine groups is 1. The summed E-state index contributed by atoms with van der Waals surface area (Å²) in [6.45, 7) is 3.13. The van der Waals surface area contributed by atoms with Crippen LogP contribution in [0.5, 0.6) is 0 Å². The molecule has 1 fully saturated rings. The maximum Gasteiger partial charge on any atom is 0.125 e. The minimum Gasteiger partial charge on any atom is -0.384 e. The first kappa shape index (κ1) is 10.2. The maximum atomic E-state index is 5.93. The van der Waals surface area contributed by atoms with E-state index in [4.69, 9.17) is 5.73 Å². The molecule has 80 valence electrons. The van der Waals surface area contributed by atoms with Gasteiger partial charge in [0.05, 0.1) is 0 Å². The van der Waals surface area contributed by atoms with Crippen LogP contribution in [0, 0.1) is 5.41 Å². The van der Waals surface area contributed by atoms with E-state index in [1.165, 1.54) is 19.3 Å². The van der Waals surface area contributed by atoms with E-state index in [0.29, 0.717) is 11.3 Å². The van der Waals surface area contributed by atoms with Gasteiger partial charge < -0.3 is 5.73 Å². The molecule has 2 N–H and O–H groups in total. The fourth-order valence-corrected chi connectivity index (χ4v) is 1.75. The minimum absolute atomic E-state index is 0.486. The Morgan fingerprint density at radius 3 is 2.53 bits per heavy atom. The van der Waals surface area contributed by atoms with Crippen molar-refractivity contribution in [2.75, 3.05) is 6.54 Å². The van der Waals surface area contributed by atoms with Crippen LogP contribution in [0.25, 0.3) is 0 Å². The molecule has 0 heterocycles. The molecule has 0 unspecified atom stereocenters. The van der Waals surface area contributed by atoms with Crippen LogP contribution in [-0.2, 0) is 0 Å². The van der Waals surface area contributed by atoms with Crippen molar-refractivity contribution in [3.05, 3.63) is 35.9 Å². The highest BCUT2D eigenvalue weighted by Crippen LogP contribution is 2.48. The number of hydrogen-bond acceptors (Lipinski definition) is 1. The van der Waals surface area contributed by atoms with Gasteiger partial charge in [-0.2, -0.15) is 0 Å². The van der Waals surface area contributed by atoms with E-state index in [2.05, 4.69) is 11.9 Å². The molecule has 2 heteroatoms. The van der Waals surface area contributed by atoms with Gasteiger partial charge in [-0.05, 0) is 24.7 Å². The lowest BCUT2D eigenvalue weighted by atomic mass is 10.0. The lowest BCUT2D eigenvalue weighted by Crippen LogP contribution is -2.16. The van der Waals surface area contributed by atoms with Crippen LogP contribution in [0.4, 0.5) is 0 Å². The second-order valence-corrected chi connectivity index (χ2v) is 4.42. The van der Waals surface area contributed by atoms with Crippen molar-refractivity contribution >= 4 is 5.84 Å². The molecule has 1 aliphatic rings. The molecule has 15 heavy (non-hydrogen) atoms. The average molecular weight is 202 g/mol. The van der Waals surface area contributed by atoms with Gasteiger partial charge in [-0.3, -0.25) is 4.99 Å². The van der Waals surface area contributed by atoms with E-state index in [0.717, 1.165) is 12.1 Å². The first-order valence-electron chi connectivity index (χ1n) is 5.61. The Labute approximate surface area is 91.2 Å². The third kappa shape index (κ3) is 2.38. The summed E-state index contributed by atoms with van der Waals surface area (Å²) in [5, 5.41) is 0. The summed E-state index contributed by atoms with van der Waals surface area (Å²) in [5.41, 5.74) is 7.45. The van der Waals surface area contributed by atoms with E-state index in [1.54, 1.807) is 0 Å². The SMILES string of the molecule is CCC1(CN=C(N)c2ccccc2)CC1. The third-order valence-electron chi connectivity index (χ3n) is 3.36. The zero-order chi connectivity index (χ0) is 10.7. The molecule has 0 saturated heterocycles. The highest BCUT2D eigenvalue weighted by Gasteiger charge is 2.40. The van der Waals surface area contributed by atoms with Crippen LogP contribution in [0.2, 0.25) is 0 Å². The molecule has 1 aromatic carbocycles. The predicted molar refractivity (Wildman–Crippen MR) is 64.0 cm³/mol. The molecule has 2 rings (SSSR count). The van der Waals surface area contributed by atoms with E-state index < -0.39 is 0 Å². The largest absolute Gasteiger partial charge is 0.384 e. The summed E-state index contributed by atoms with van der Waals surface area (Å²) in [7, 11) is 0. The summed E-state index contributed by atoms with van der Waals surface area (Å²) < 4.78 is 0. The molecule has 1 aliphatic carbocycles. The van der Waals surface area contributed by atoms with Crippen LogP contribution < -0.4 is 5.73 Å². The molecule has 0 bridgehead atoms. The zero-order valence-electron chi connectivity index (χ0n) is 9.24. The smallest absolute Gasteiger partial charge is 0.125 e. The Morgan fingerprint density at radius 1 is 1.33 bits per heavy atom. The van der Waals surface area contributed by atoms with Gasteiger partial charge in [0, 0.05) is 12.1 Å². The van der Waals surface area contributed by atoms with E-state index >= 15 is 0 Å². The molecule has 0 spiro atoms. The Bertz CT molecular complexity index is 350. The number of benzene rings is 1. The molecule has 0 amide bonds. The predicted octanol–water partition coefficient (Wildman–Crippen LogP) is 2.58. The quantitative estimate of drug-likeness (QED) is 0.591. The van der Waals surface area contributed by atoms with Crippen LogP contribution >= 0.6 is 0 Å². The Kier molecular flexibility index (Phi) is 2.76. The Balaban J connectivity index is 2.02. The van der Waals surface area contributed by atoms with Gasteiger partial charge >= 0.3 is 0 Å². The van der Waals surface area contributed by atoms with Crippen LogP contribution in [0.15, 0.2) is 35.3 Å². The van der Waals surface area contributed by atoms with E-state index in [-0.39, 0.29) is 0 Å². The summed E-state index contributed by atoms with van der Waals surface area (Å²) in [6.07, 6.45) is 3.85. The first-order valence-corrected chi connectivity index (χ1v) is 5.61. The number of nitrogens with zero attached hydrogens (tertiary/aromatic N) is 1. The van der Waals surface area contributed by atoms with E-state index in [1.807, 2.05) is 30.3 Å². The van der Waals surface area contributed by atoms with Gasteiger partial charge in [-0.1, -0.05) is 37.3 Å². The van der Waals surface area contributed by atoms with Crippen molar-refractivity contribution in [3.8, 4) is 0 Å². The monoisotopic (exact) mass is 202 g/mol. The molecule has 0 atom stereocenters. The second-order valence-electron chi connectivity index (χ2n) is 4.42. The fraction of sp³-hybridized carbons (Fsp3) is 0.462. The molecule has 0 aliphatic heterocycles. The fourth-order valence-electron chi connectivity index (χ4n) is 1.75. The first-order chi connectivity index (χ1) is 7.26. The van der Waals surface area contributed by atoms with Gasteiger partial charge in [0.25, 0.3) is 0 Å². The molecule has 0 aromatic heterocycles. The summed E-state index contributed by atoms with van der Waals surface area (Å²) in [4.78, 5) is 4.49. The standard InChI is InChI=1S/C13H18N2/c1-2-13(8-9-13)10-15-12(14)11-6-4-3-5-7-11/h3-7H,2,8-10H2,1H3,(H2,14,15). The number of nitrogens with two attached hydrogens (primary N) is 1. The summed E-state index contributed by atoms with van der Waals surface area (Å²) >= 11 is 0. The van der Waals surface area contributed by atoms with Crippen LogP contribution in [0.1, 0.15) is 31.7 Å². The lowest BCUT2D eigenvalue weighted by Gasteiger charge is -2.08. The highest BCUT2D eigenvalue weighted by molar-refractivity contribution is 5.97. The van der Waals surface area contributed by atoms with Gasteiger partial charge in [0.1, 0.15) is 5.84 Å².